The summed E-state index contributed by atoms with van der Waals surface area (Å²) in [6, 6.07) is 8.04. The molecule has 1 aromatic carbocycles. The van der Waals surface area contributed by atoms with Crippen LogP contribution in [-0.2, 0) is 19.5 Å². The van der Waals surface area contributed by atoms with Crippen molar-refractivity contribution in [3.8, 4) is 16.3 Å². The summed E-state index contributed by atoms with van der Waals surface area (Å²) in [6.07, 6.45) is 4.57. The van der Waals surface area contributed by atoms with Crippen LogP contribution in [0, 0.1) is 0 Å². The van der Waals surface area contributed by atoms with Crippen LogP contribution in [0.3, 0.4) is 0 Å². The van der Waals surface area contributed by atoms with Gasteiger partial charge in [0, 0.05) is 36.8 Å². The summed E-state index contributed by atoms with van der Waals surface area (Å²) in [5, 5.41) is 3.20. The van der Waals surface area contributed by atoms with E-state index in [1.165, 1.54) is 5.56 Å². The second kappa shape index (κ2) is 6.67. The van der Waals surface area contributed by atoms with Crippen molar-refractivity contribution in [2.75, 3.05) is 13.7 Å². The van der Waals surface area contributed by atoms with Gasteiger partial charge in [-0.25, -0.2) is 15.0 Å². The zero-order valence-electron chi connectivity index (χ0n) is 13.5. The molecule has 3 aromatic rings. The van der Waals surface area contributed by atoms with Crippen molar-refractivity contribution in [3.05, 3.63) is 59.1 Å². The highest BCUT2D eigenvalue weighted by Gasteiger charge is 2.18. The number of aromatic nitrogens is 3. The van der Waals surface area contributed by atoms with E-state index >= 15 is 0 Å². The summed E-state index contributed by atoms with van der Waals surface area (Å²) in [6.45, 7) is 2.75. The van der Waals surface area contributed by atoms with Crippen molar-refractivity contribution in [3.63, 3.8) is 0 Å². The largest absolute Gasteiger partial charge is 0.497 e. The Kier molecular flexibility index (Phi) is 4.23. The van der Waals surface area contributed by atoms with Gasteiger partial charge >= 0.3 is 0 Å². The summed E-state index contributed by atoms with van der Waals surface area (Å²) in [5.41, 5.74) is 4.65. The second-order valence-electron chi connectivity index (χ2n) is 5.83. The first-order valence-electron chi connectivity index (χ1n) is 7.91. The molecule has 24 heavy (non-hydrogen) atoms. The molecule has 0 saturated carbocycles. The van der Waals surface area contributed by atoms with E-state index < -0.39 is 0 Å². The normalized spacial score (nSPS) is 14.4. The van der Waals surface area contributed by atoms with E-state index in [-0.39, 0.29) is 0 Å². The maximum Gasteiger partial charge on any atom is 0.123 e. The molecule has 6 heteroatoms. The number of methoxy groups -OCH3 is 1. The molecule has 0 N–H and O–H groups in total. The van der Waals surface area contributed by atoms with Gasteiger partial charge in [0.15, 0.2) is 0 Å². The van der Waals surface area contributed by atoms with Crippen LogP contribution >= 0.6 is 11.3 Å². The standard InChI is InChI=1S/C18H18N4OS/c1-23-16-4-2-13(3-5-16)18-21-15(11-24-18)9-22-7-6-14-8-19-12-20-17(14)10-22/h2-5,8,11-12H,6-7,9-10H2,1H3. The van der Waals surface area contributed by atoms with Gasteiger partial charge in [-0.05, 0) is 36.2 Å². The Morgan fingerprint density at radius 3 is 2.96 bits per heavy atom. The number of hydrogen-bond donors (Lipinski definition) is 0. The summed E-state index contributed by atoms with van der Waals surface area (Å²) in [4.78, 5) is 15.7. The second-order valence-corrected chi connectivity index (χ2v) is 6.69. The number of nitrogens with zero attached hydrogens (tertiary/aromatic N) is 4. The molecule has 0 fully saturated rings. The van der Waals surface area contributed by atoms with E-state index in [1.807, 2.05) is 18.3 Å². The molecule has 122 valence electrons. The maximum atomic E-state index is 5.21. The van der Waals surface area contributed by atoms with Crippen LogP contribution in [-0.4, -0.2) is 33.5 Å². The van der Waals surface area contributed by atoms with Crippen LogP contribution in [0.15, 0.2) is 42.2 Å². The lowest BCUT2D eigenvalue weighted by atomic mass is 10.1. The number of fused-ring (bicyclic) bond motifs is 1. The Morgan fingerprint density at radius 1 is 1.25 bits per heavy atom. The summed E-state index contributed by atoms with van der Waals surface area (Å²) in [5.74, 6) is 0.865. The Balaban J connectivity index is 1.46. The highest BCUT2D eigenvalue weighted by atomic mass is 32.1. The molecule has 3 heterocycles. The zero-order valence-corrected chi connectivity index (χ0v) is 14.3. The minimum Gasteiger partial charge on any atom is -0.497 e. The quantitative estimate of drug-likeness (QED) is 0.731. The molecule has 1 aliphatic rings. The van der Waals surface area contributed by atoms with Gasteiger partial charge < -0.3 is 4.74 Å². The molecule has 0 atom stereocenters. The predicted octanol–water partition coefficient (Wildman–Crippen LogP) is 3.17. The topological polar surface area (TPSA) is 51.1 Å². The number of benzene rings is 1. The molecule has 0 spiro atoms. The third-order valence-electron chi connectivity index (χ3n) is 4.23. The first-order valence-corrected chi connectivity index (χ1v) is 8.79. The SMILES string of the molecule is COc1ccc(-c2nc(CN3CCc4cncnc4C3)cs2)cc1. The summed E-state index contributed by atoms with van der Waals surface area (Å²) >= 11 is 1.69. The van der Waals surface area contributed by atoms with Gasteiger partial charge in [0.2, 0.25) is 0 Å². The van der Waals surface area contributed by atoms with Gasteiger partial charge in [0.25, 0.3) is 0 Å². The van der Waals surface area contributed by atoms with Crippen LogP contribution < -0.4 is 4.74 Å². The molecule has 0 amide bonds. The average molecular weight is 338 g/mol. The number of thiazole rings is 1. The zero-order chi connectivity index (χ0) is 16.4. The van der Waals surface area contributed by atoms with E-state index in [1.54, 1.807) is 24.8 Å². The van der Waals surface area contributed by atoms with Crippen LogP contribution in [0.2, 0.25) is 0 Å². The lowest BCUT2D eigenvalue weighted by molar-refractivity contribution is 0.239. The molecular formula is C18H18N4OS. The molecule has 2 aromatic heterocycles. The van der Waals surface area contributed by atoms with Crippen LogP contribution in [0.1, 0.15) is 17.0 Å². The smallest absolute Gasteiger partial charge is 0.123 e. The molecule has 5 nitrogen and oxygen atoms in total. The van der Waals surface area contributed by atoms with E-state index in [2.05, 4.69) is 32.4 Å². The van der Waals surface area contributed by atoms with E-state index in [0.29, 0.717) is 0 Å². The predicted molar refractivity (Wildman–Crippen MR) is 94.0 cm³/mol. The van der Waals surface area contributed by atoms with Gasteiger partial charge in [-0.2, -0.15) is 0 Å². The van der Waals surface area contributed by atoms with E-state index in [9.17, 15) is 0 Å². The van der Waals surface area contributed by atoms with Crippen molar-refractivity contribution in [2.24, 2.45) is 0 Å². The molecule has 0 radical (unpaired) electrons. The molecule has 0 saturated heterocycles. The third kappa shape index (κ3) is 3.16. The van der Waals surface area contributed by atoms with E-state index in [0.717, 1.165) is 53.8 Å². The highest BCUT2D eigenvalue weighted by Crippen LogP contribution is 2.27. The minimum atomic E-state index is 0.857. The van der Waals surface area contributed by atoms with Crippen molar-refractivity contribution < 1.29 is 4.74 Å². The fourth-order valence-corrected chi connectivity index (χ4v) is 3.73. The molecule has 0 unspecified atom stereocenters. The maximum absolute atomic E-state index is 5.21. The highest BCUT2D eigenvalue weighted by molar-refractivity contribution is 7.13. The first-order chi connectivity index (χ1) is 11.8. The van der Waals surface area contributed by atoms with Gasteiger partial charge in [-0.15, -0.1) is 11.3 Å². The Hall–Kier alpha value is -2.31. The number of ether oxygens (including phenoxy) is 1. The van der Waals surface area contributed by atoms with Gasteiger partial charge in [-0.3, -0.25) is 4.90 Å². The first kappa shape index (κ1) is 15.2. The molecule has 0 aliphatic carbocycles. The third-order valence-corrected chi connectivity index (χ3v) is 5.17. The van der Waals surface area contributed by atoms with Crippen molar-refractivity contribution in [1.82, 2.24) is 19.9 Å². The van der Waals surface area contributed by atoms with Crippen molar-refractivity contribution in [2.45, 2.75) is 19.5 Å². The molecular weight excluding hydrogens is 320 g/mol. The minimum absolute atomic E-state index is 0.857. The monoisotopic (exact) mass is 338 g/mol. The molecule has 1 aliphatic heterocycles. The molecule has 4 rings (SSSR count). The number of hydrogen-bond acceptors (Lipinski definition) is 6. The Labute approximate surface area is 145 Å². The van der Waals surface area contributed by atoms with Crippen LogP contribution in [0.5, 0.6) is 5.75 Å². The molecule has 0 bridgehead atoms. The van der Waals surface area contributed by atoms with Crippen LogP contribution in [0.4, 0.5) is 0 Å². The van der Waals surface area contributed by atoms with Crippen LogP contribution in [0.25, 0.3) is 10.6 Å². The Morgan fingerprint density at radius 2 is 2.12 bits per heavy atom. The average Bonchev–Trinajstić information content (AvgIpc) is 3.10. The van der Waals surface area contributed by atoms with Gasteiger partial charge in [0.05, 0.1) is 18.5 Å². The lowest BCUT2D eigenvalue weighted by Gasteiger charge is -2.26. The lowest BCUT2D eigenvalue weighted by Crippen LogP contribution is -2.30. The summed E-state index contributed by atoms with van der Waals surface area (Å²) < 4.78 is 5.21. The van der Waals surface area contributed by atoms with Gasteiger partial charge in [-0.1, -0.05) is 0 Å². The van der Waals surface area contributed by atoms with Crippen molar-refractivity contribution in [1.29, 1.82) is 0 Å². The fraction of sp³-hybridized carbons (Fsp3) is 0.278. The Bertz CT molecular complexity index is 831. The fourth-order valence-electron chi connectivity index (χ4n) is 2.91. The van der Waals surface area contributed by atoms with Crippen molar-refractivity contribution >= 4 is 11.3 Å². The van der Waals surface area contributed by atoms with Gasteiger partial charge in [0.1, 0.15) is 17.1 Å². The summed E-state index contributed by atoms with van der Waals surface area (Å²) in [7, 11) is 1.68. The van der Waals surface area contributed by atoms with E-state index in [4.69, 9.17) is 9.72 Å². The number of rotatable bonds is 4.